The first-order valence-corrected chi connectivity index (χ1v) is 8.78. The van der Waals surface area contributed by atoms with Crippen molar-refractivity contribution in [1.82, 2.24) is 9.97 Å². The Morgan fingerprint density at radius 2 is 1.96 bits per heavy atom. The van der Waals surface area contributed by atoms with Crippen LogP contribution in [0.25, 0.3) is 0 Å². The molecule has 0 saturated heterocycles. The Kier molecular flexibility index (Phi) is 3.99. The van der Waals surface area contributed by atoms with Gasteiger partial charge in [0.25, 0.3) is 0 Å². The van der Waals surface area contributed by atoms with Gasteiger partial charge in [0.15, 0.2) is 17.2 Å². The normalized spacial score (nSPS) is 16.0. The number of hydrogen-bond acceptors (Lipinski definition) is 4. The van der Waals surface area contributed by atoms with Crippen LogP contribution in [-0.4, -0.2) is 15.8 Å². The molecule has 2 aromatic carbocycles. The van der Waals surface area contributed by atoms with Crippen LogP contribution in [-0.2, 0) is 12.0 Å². The van der Waals surface area contributed by atoms with E-state index in [0.717, 1.165) is 29.5 Å². The van der Waals surface area contributed by atoms with E-state index >= 15 is 0 Å². The van der Waals surface area contributed by atoms with Gasteiger partial charge in [0.1, 0.15) is 5.75 Å². The van der Waals surface area contributed by atoms with Crippen molar-refractivity contribution in [2.45, 2.75) is 31.8 Å². The Hall–Kier alpha value is -3.08. The first kappa shape index (κ1) is 16.4. The summed E-state index contributed by atoms with van der Waals surface area (Å²) in [5, 5.41) is 0. The molecule has 1 aliphatic rings. The number of Topliss-reactive ketones (excluding diaryl/α,β-unsaturated/α-hetero) is 1. The molecule has 3 aromatic rings. The SMILES string of the molecule is C[C@](Oc1ccc2c(c1N)CCCC2=O)(c1ccccc1)c1ncc[nH]1. The predicted octanol–water partition coefficient (Wildman–Crippen LogP) is 3.85. The highest BCUT2D eigenvalue weighted by Crippen LogP contribution is 2.39. The predicted molar refractivity (Wildman–Crippen MR) is 100 cm³/mol. The van der Waals surface area contributed by atoms with E-state index in [1.165, 1.54) is 0 Å². The number of nitrogen functional groups attached to an aromatic ring is 1. The van der Waals surface area contributed by atoms with Crippen LogP contribution in [0.2, 0.25) is 0 Å². The number of anilines is 1. The van der Waals surface area contributed by atoms with Crippen LogP contribution in [0.1, 0.15) is 47.1 Å². The maximum atomic E-state index is 12.1. The lowest BCUT2D eigenvalue weighted by Gasteiger charge is -2.31. The number of carbonyl (C=O) groups excluding carboxylic acids is 1. The van der Waals surface area contributed by atoms with Crippen LogP contribution in [0.15, 0.2) is 54.9 Å². The third kappa shape index (κ3) is 2.65. The third-order valence-electron chi connectivity index (χ3n) is 5.04. The van der Waals surface area contributed by atoms with Crippen molar-refractivity contribution in [3.8, 4) is 5.75 Å². The number of nitrogens with one attached hydrogen (secondary N) is 1. The van der Waals surface area contributed by atoms with E-state index in [1.807, 2.05) is 43.3 Å². The molecule has 4 rings (SSSR count). The van der Waals surface area contributed by atoms with E-state index < -0.39 is 5.60 Å². The number of rotatable bonds is 4. The molecular formula is C21H21N3O2. The number of benzene rings is 2. The minimum absolute atomic E-state index is 0.154. The molecule has 0 radical (unpaired) electrons. The second kappa shape index (κ2) is 6.33. The number of fused-ring (bicyclic) bond motifs is 1. The van der Waals surface area contributed by atoms with Gasteiger partial charge in [0.05, 0.1) is 5.69 Å². The molecule has 0 saturated carbocycles. The first-order chi connectivity index (χ1) is 12.6. The summed E-state index contributed by atoms with van der Waals surface area (Å²) >= 11 is 0. The zero-order valence-electron chi connectivity index (χ0n) is 14.7. The zero-order chi connectivity index (χ0) is 18.1. The number of ketones is 1. The number of hydrogen-bond donors (Lipinski definition) is 2. The molecule has 1 aromatic heterocycles. The molecule has 26 heavy (non-hydrogen) atoms. The smallest absolute Gasteiger partial charge is 0.188 e. The molecule has 5 heteroatoms. The molecule has 1 atom stereocenters. The Labute approximate surface area is 152 Å². The van der Waals surface area contributed by atoms with Gasteiger partial charge in [-0.15, -0.1) is 0 Å². The minimum atomic E-state index is -0.828. The number of nitrogens with zero attached hydrogens (tertiary/aromatic N) is 1. The molecule has 3 N–H and O–H groups in total. The lowest BCUT2D eigenvalue weighted by molar-refractivity contribution is 0.0972. The summed E-state index contributed by atoms with van der Waals surface area (Å²) in [6.45, 7) is 1.96. The molecule has 5 nitrogen and oxygen atoms in total. The molecular weight excluding hydrogens is 326 g/mol. The lowest BCUT2D eigenvalue weighted by atomic mass is 9.89. The summed E-state index contributed by atoms with van der Waals surface area (Å²) < 4.78 is 6.43. The van der Waals surface area contributed by atoms with Gasteiger partial charge in [-0.3, -0.25) is 4.79 Å². The van der Waals surface area contributed by atoms with Gasteiger partial charge in [-0.1, -0.05) is 30.3 Å². The van der Waals surface area contributed by atoms with Gasteiger partial charge in [-0.25, -0.2) is 4.98 Å². The number of aromatic nitrogens is 2. The van der Waals surface area contributed by atoms with Gasteiger partial charge < -0.3 is 15.5 Å². The Morgan fingerprint density at radius 3 is 2.69 bits per heavy atom. The van der Waals surface area contributed by atoms with Gasteiger partial charge in [0, 0.05) is 29.9 Å². The minimum Gasteiger partial charge on any atom is -0.473 e. The van der Waals surface area contributed by atoms with Gasteiger partial charge >= 0.3 is 0 Å². The molecule has 0 spiro atoms. The Balaban J connectivity index is 1.80. The number of aromatic amines is 1. The van der Waals surface area contributed by atoms with Crippen molar-refractivity contribution < 1.29 is 9.53 Å². The van der Waals surface area contributed by atoms with Crippen molar-refractivity contribution >= 4 is 11.5 Å². The Bertz CT molecular complexity index is 935. The molecule has 0 aliphatic heterocycles. The van der Waals surface area contributed by atoms with E-state index in [2.05, 4.69) is 9.97 Å². The van der Waals surface area contributed by atoms with E-state index in [-0.39, 0.29) is 5.78 Å². The quantitative estimate of drug-likeness (QED) is 0.702. The standard InChI is InChI=1S/C21H21N3O2/c1-21(20-23-12-13-24-20,14-6-3-2-4-7-14)26-18-11-10-15-16(19(18)22)8-5-9-17(15)25/h2-4,6-7,10-13H,5,8-9,22H2,1H3,(H,23,24)/t21-/m0/s1. The van der Waals surface area contributed by atoms with Crippen molar-refractivity contribution in [2.24, 2.45) is 0 Å². The number of H-pyrrole nitrogens is 1. The number of ether oxygens (including phenoxy) is 1. The van der Waals surface area contributed by atoms with Gasteiger partial charge in [-0.05, 0) is 37.5 Å². The molecule has 0 fully saturated rings. The van der Waals surface area contributed by atoms with Crippen LogP contribution >= 0.6 is 0 Å². The number of carbonyl (C=O) groups is 1. The largest absolute Gasteiger partial charge is 0.473 e. The molecule has 1 aliphatic carbocycles. The summed E-state index contributed by atoms with van der Waals surface area (Å²) in [4.78, 5) is 19.7. The highest BCUT2D eigenvalue weighted by Gasteiger charge is 2.35. The second-order valence-corrected chi connectivity index (χ2v) is 6.72. The van der Waals surface area contributed by atoms with Crippen molar-refractivity contribution in [3.63, 3.8) is 0 Å². The Morgan fingerprint density at radius 1 is 1.15 bits per heavy atom. The van der Waals surface area contributed by atoms with Crippen LogP contribution < -0.4 is 10.5 Å². The topological polar surface area (TPSA) is 81.0 Å². The summed E-state index contributed by atoms with van der Waals surface area (Å²) in [5.41, 5.74) is 8.70. The van der Waals surface area contributed by atoms with Crippen LogP contribution in [0.5, 0.6) is 5.75 Å². The summed E-state index contributed by atoms with van der Waals surface area (Å²) in [5.74, 6) is 1.42. The van der Waals surface area contributed by atoms with Crippen LogP contribution in [0, 0.1) is 0 Å². The summed E-state index contributed by atoms with van der Waals surface area (Å²) in [7, 11) is 0. The van der Waals surface area contributed by atoms with Gasteiger partial charge in [0.2, 0.25) is 0 Å². The lowest BCUT2D eigenvalue weighted by Crippen LogP contribution is -2.33. The van der Waals surface area contributed by atoms with Crippen molar-refractivity contribution in [1.29, 1.82) is 0 Å². The molecule has 0 amide bonds. The highest BCUT2D eigenvalue weighted by atomic mass is 16.5. The highest BCUT2D eigenvalue weighted by molar-refractivity contribution is 6.00. The van der Waals surface area contributed by atoms with Crippen molar-refractivity contribution in [3.05, 3.63) is 77.4 Å². The third-order valence-corrected chi connectivity index (χ3v) is 5.04. The van der Waals surface area contributed by atoms with Crippen LogP contribution in [0.3, 0.4) is 0 Å². The summed E-state index contributed by atoms with van der Waals surface area (Å²) in [6.07, 6.45) is 5.69. The van der Waals surface area contributed by atoms with E-state index in [4.69, 9.17) is 10.5 Å². The monoisotopic (exact) mass is 347 g/mol. The maximum Gasteiger partial charge on any atom is 0.188 e. The second-order valence-electron chi connectivity index (χ2n) is 6.72. The number of nitrogens with two attached hydrogens (primary N) is 1. The number of imidazole rings is 1. The fourth-order valence-corrected chi connectivity index (χ4v) is 3.57. The van der Waals surface area contributed by atoms with Crippen molar-refractivity contribution in [2.75, 3.05) is 5.73 Å². The first-order valence-electron chi connectivity index (χ1n) is 8.78. The van der Waals surface area contributed by atoms with Gasteiger partial charge in [-0.2, -0.15) is 0 Å². The maximum absolute atomic E-state index is 12.1. The zero-order valence-corrected chi connectivity index (χ0v) is 14.7. The average molecular weight is 347 g/mol. The molecule has 0 unspecified atom stereocenters. The van der Waals surface area contributed by atoms with E-state index in [0.29, 0.717) is 23.7 Å². The average Bonchev–Trinajstić information content (AvgIpc) is 3.21. The fourth-order valence-electron chi connectivity index (χ4n) is 3.57. The molecule has 1 heterocycles. The summed E-state index contributed by atoms with van der Waals surface area (Å²) in [6, 6.07) is 13.5. The van der Waals surface area contributed by atoms with E-state index in [9.17, 15) is 4.79 Å². The van der Waals surface area contributed by atoms with E-state index in [1.54, 1.807) is 18.5 Å². The fraction of sp³-hybridized carbons (Fsp3) is 0.238. The molecule has 132 valence electrons. The molecule has 0 bridgehead atoms. The van der Waals surface area contributed by atoms with Crippen LogP contribution in [0.4, 0.5) is 5.69 Å².